The first-order chi connectivity index (χ1) is 9.26. The summed E-state index contributed by atoms with van der Waals surface area (Å²) in [6.07, 6.45) is 5.02. The average Bonchev–Trinajstić information content (AvgIpc) is 2.79. The van der Waals surface area contributed by atoms with Crippen molar-refractivity contribution in [3.05, 3.63) is 47.2 Å². The molecule has 3 rings (SSSR count). The molecular formula is C14H10N2O2S. The molecule has 0 fully saturated rings. The number of methoxy groups -OCH3 is 1. The molecule has 0 saturated carbocycles. The number of carbonyl (C=O) groups excluding carboxylic acids is 1. The lowest BCUT2D eigenvalue weighted by atomic mass is 10.2. The Bertz CT molecular complexity index is 757. The van der Waals surface area contributed by atoms with Gasteiger partial charge in [0.05, 0.1) is 7.11 Å². The smallest absolute Gasteiger partial charge is 0.271 e. The average molecular weight is 270 g/mol. The number of amides is 1. The number of ether oxygens (including phenoxy) is 1. The Labute approximate surface area is 113 Å². The largest absolute Gasteiger partial charge is 0.494 e. The van der Waals surface area contributed by atoms with Crippen molar-refractivity contribution >= 4 is 23.7 Å². The quantitative estimate of drug-likeness (QED) is 0.840. The van der Waals surface area contributed by atoms with E-state index in [1.165, 1.54) is 6.08 Å². The molecule has 0 N–H and O–H groups in total. The Morgan fingerprint density at radius 1 is 1.16 bits per heavy atom. The summed E-state index contributed by atoms with van der Waals surface area (Å²) in [6.45, 7) is 0. The Hall–Kier alpha value is -2.14. The third kappa shape index (κ3) is 2.37. The fourth-order valence-electron chi connectivity index (χ4n) is 1.87. The van der Waals surface area contributed by atoms with Gasteiger partial charge in [0.15, 0.2) is 0 Å². The van der Waals surface area contributed by atoms with E-state index in [0.29, 0.717) is 11.1 Å². The van der Waals surface area contributed by atoms with Crippen LogP contribution in [0.3, 0.4) is 0 Å². The van der Waals surface area contributed by atoms with E-state index in [-0.39, 0.29) is 5.91 Å². The summed E-state index contributed by atoms with van der Waals surface area (Å²) >= 11 is 1.59. The van der Waals surface area contributed by atoms with Gasteiger partial charge in [0, 0.05) is 33.5 Å². The van der Waals surface area contributed by atoms with Gasteiger partial charge >= 0.3 is 0 Å². The number of fused-ring (bicyclic) bond motifs is 1. The predicted molar refractivity (Wildman–Crippen MR) is 71.6 cm³/mol. The maximum Gasteiger partial charge on any atom is 0.271 e. The molecule has 4 nitrogen and oxygen atoms in total. The van der Waals surface area contributed by atoms with E-state index in [1.54, 1.807) is 31.3 Å². The molecule has 1 aliphatic heterocycles. The number of rotatable bonds is 3. The molecule has 1 amide bonds. The van der Waals surface area contributed by atoms with Crippen LogP contribution in [0.1, 0.15) is 0 Å². The molecule has 0 saturated heterocycles. The van der Waals surface area contributed by atoms with Crippen LogP contribution in [0.5, 0.6) is 5.75 Å². The summed E-state index contributed by atoms with van der Waals surface area (Å²) < 4.78 is 5.29. The van der Waals surface area contributed by atoms with Crippen molar-refractivity contribution in [3.8, 4) is 5.75 Å². The molecule has 94 valence electrons. The first-order valence-corrected chi connectivity index (χ1v) is 6.48. The van der Waals surface area contributed by atoms with Crippen LogP contribution in [0.15, 0.2) is 51.4 Å². The van der Waals surface area contributed by atoms with E-state index in [4.69, 9.17) is 4.74 Å². The Balaban J connectivity index is 2.06. The van der Waals surface area contributed by atoms with Crippen molar-refractivity contribution < 1.29 is 9.53 Å². The highest BCUT2D eigenvalue weighted by Crippen LogP contribution is 2.27. The third-order valence-corrected chi connectivity index (χ3v) is 3.66. The van der Waals surface area contributed by atoms with Gasteiger partial charge in [-0.15, -0.1) is 0 Å². The van der Waals surface area contributed by atoms with Gasteiger partial charge in [-0.2, -0.15) is 0 Å². The number of aromatic nitrogens is 1. The number of benzene rings is 1. The highest BCUT2D eigenvalue weighted by molar-refractivity contribution is 7.99. The van der Waals surface area contributed by atoms with Crippen LogP contribution < -0.4 is 15.3 Å². The first kappa shape index (κ1) is 11.9. The van der Waals surface area contributed by atoms with Crippen molar-refractivity contribution in [1.29, 1.82) is 0 Å². The third-order valence-electron chi connectivity index (χ3n) is 2.68. The van der Waals surface area contributed by atoms with E-state index in [9.17, 15) is 4.79 Å². The minimum atomic E-state index is -0.237. The summed E-state index contributed by atoms with van der Waals surface area (Å²) in [4.78, 5) is 21.3. The normalized spacial score (nSPS) is 12.6. The Morgan fingerprint density at radius 2 is 1.95 bits per heavy atom. The summed E-state index contributed by atoms with van der Waals surface area (Å²) in [5.74, 6) is 0.385. The Morgan fingerprint density at radius 3 is 2.68 bits per heavy atom. The van der Waals surface area contributed by atoms with Crippen molar-refractivity contribution in [2.45, 2.75) is 9.79 Å². The highest BCUT2D eigenvalue weighted by atomic mass is 32.2. The molecule has 0 aliphatic carbocycles. The Kier molecular flexibility index (Phi) is 3.05. The molecule has 0 radical (unpaired) electrons. The van der Waals surface area contributed by atoms with Crippen LogP contribution in [0.2, 0.25) is 0 Å². The summed E-state index contributed by atoms with van der Waals surface area (Å²) in [6, 6.07) is 7.70. The van der Waals surface area contributed by atoms with E-state index in [0.717, 1.165) is 15.0 Å². The molecule has 1 aliphatic rings. The molecule has 2 aromatic rings. The maximum absolute atomic E-state index is 11.3. The van der Waals surface area contributed by atoms with Gasteiger partial charge < -0.3 is 4.74 Å². The van der Waals surface area contributed by atoms with Gasteiger partial charge in [-0.25, -0.2) is 4.99 Å². The number of pyridine rings is 1. The van der Waals surface area contributed by atoms with Gasteiger partial charge in [0.25, 0.3) is 5.91 Å². The van der Waals surface area contributed by atoms with Gasteiger partial charge in [-0.05, 0) is 24.3 Å². The number of carbonyl (C=O) groups is 1. The number of nitrogens with zero attached hydrogens (tertiary/aromatic N) is 2. The SMILES string of the molecule is COc1cc(Sc2ccncc2)cc2c1=NC(=O)C=2. The summed E-state index contributed by atoms with van der Waals surface area (Å²) in [5.41, 5.74) is 0. The minimum Gasteiger partial charge on any atom is -0.494 e. The van der Waals surface area contributed by atoms with E-state index < -0.39 is 0 Å². The molecule has 1 aromatic heterocycles. The van der Waals surface area contributed by atoms with Gasteiger partial charge in [0.2, 0.25) is 0 Å². The predicted octanol–water partition coefficient (Wildman–Crippen LogP) is 1.18. The van der Waals surface area contributed by atoms with Crippen molar-refractivity contribution in [1.82, 2.24) is 4.98 Å². The molecule has 5 heteroatoms. The topological polar surface area (TPSA) is 51.6 Å². The van der Waals surface area contributed by atoms with E-state index in [2.05, 4.69) is 9.98 Å². The fraction of sp³-hybridized carbons (Fsp3) is 0.0714. The van der Waals surface area contributed by atoms with Crippen LogP contribution >= 0.6 is 11.8 Å². The van der Waals surface area contributed by atoms with Crippen molar-refractivity contribution in [2.24, 2.45) is 4.99 Å². The number of hydrogen-bond acceptors (Lipinski definition) is 4. The monoisotopic (exact) mass is 270 g/mol. The van der Waals surface area contributed by atoms with Crippen molar-refractivity contribution in [2.75, 3.05) is 7.11 Å². The molecule has 2 heterocycles. The summed E-state index contributed by atoms with van der Waals surface area (Å²) in [7, 11) is 1.58. The highest BCUT2D eigenvalue weighted by Gasteiger charge is 2.10. The van der Waals surface area contributed by atoms with E-state index >= 15 is 0 Å². The van der Waals surface area contributed by atoms with Crippen molar-refractivity contribution in [3.63, 3.8) is 0 Å². The second-order valence-electron chi connectivity index (χ2n) is 3.94. The van der Waals surface area contributed by atoms with Crippen LogP contribution in [-0.4, -0.2) is 18.0 Å². The molecular weight excluding hydrogens is 260 g/mol. The molecule has 0 unspecified atom stereocenters. The van der Waals surface area contributed by atoms with Crippen LogP contribution in [0.4, 0.5) is 0 Å². The molecule has 0 atom stereocenters. The van der Waals surface area contributed by atoms with Gasteiger partial charge in [-0.3, -0.25) is 9.78 Å². The van der Waals surface area contributed by atoms with Crippen LogP contribution in [0, 0.1) is 0 Å². The minimum absolute atomic E-state index is 0.237. The van der Waals surface area contributed by atoms with E-state index in [1.807, 2.05) is 24.3 Å². The number of hydrogen-bond donors (Lipinski definition) is 0. The maximum atomic E-state index is 11.3. The lowest BCUT2D eigenvalue weighted by Crippen LogP contribution is -2.23. The lowest BCUT2D eigenvalue weighted by molar-refractivity contribution is -0.112. The second-order valence-corrected chi connectivity index (χ2v) is 5.09. The zero-order chi connectivity index (χ0) is 13.2. The lowest BCUT2D eigenvalue weighted by Gasteiger charge is -2.04. The van der Waals surface area contributed by atoms with Crippen LogP contribution in [0.25, 0.3) is 6.08 Å². The first-order valence-electron chi connectivity index (χ1n) is 5.66. The molecule has 0 spiro atoms. The second kappa shape index (κ2) is 4.85. The summed E-state index contributed by atoms with van der Waals surface area (Å²) in [5, 5.41) is 1.42. The zero-order valence-corrected chi connectivity index (χ0v) is 11.0. The zero-order valence-electron chi connectivity index (χ0n) is 10.2. The fourth-order valence-corrected chi connectivity index (χ4v) is 2.75. The molecule has 0 bridgehead atoms. The standard InChI is InChI=1S/C14H10N2O2S/c1-18-12-8-11(19-10-2-4-15-5-3-10)6-9-7-13(17)16-14(9)12/h2-8H,1H3. The van der Waals surface area contributed by atoms with Gasteiger partial charge in [0.1, 0.15) is 11.1 Å². The van der Waals surface area contributed by atoms with Crippen LogP contribution in [-0.2, 0) is 4.79 Å². The molecule has 19 heavy (non-hydrogen) atoms. The molecule has 1 aromatic carbocycles. The van der Waals surface area contributed by atoms with Gasteiger partial charge in [-0.1, -0.05) is 11.8 Å².